The molecule has 2 heterocycles. The van der Waals surface area contributed by atoms with Gasteiger partial charge in [0.05, 0.1) is 0 Å². The third-order valence-electron chi connectivity index (χ3n) is 2.56. The Morgan fingerprint density at radius 2 is 2.14 bits per heavy atom. The molecule has 0 bridgehead atoms. The van der Waals surface area contributed by atoms with E-state index in [4.69, 9.17) is 5.73 Å². The van der Waals surface area contributed by atoms with E-state index in [1.165, 1.54) is 0 Å². The summed E-state index contributed by atoms with van der Waals surface area (Å²) in [6.07, 6.45) is 2.08. The second-order valence-corrected chi connectivity index (χ2v) is 3.59. The maximum atomic E-state index is 11.1. The Balaban J connectivity index is 2.26. The molecule has 4 N–H and O–H groups in total. The molecule has 0 saturated carbocycles. The van der Waals surface area contributed by atoms with E-state index in [0.717, 1.165) is 31.6 Å². The predicted molar refractivity (Wildman–Crippen MR) is 54.1 cm³/mol. The fourth-order valence-corrected chi connectivity index (χ4v) is 1.85. The Labute approximate surface area is 81.7 Å². The third-order valence-corrected chi connectivity index (χ3v) is 2.56. The number of anilines is 1. The minimum absolute atomic E-state index is 0.308. The maximum Gasteiger partial charge on any atom is 0.347 e. The van der Waals surface area contributed by atoms with Crippen molar-refractivity contribution in [3.8, 4) is 0 Å². The molecule has 0 radical (unpaired) electrons. The number of hydrogen-bond acceptors (Lipinski definition) is 4. The minimum atomic E-state index is -0.349. The molecule has 0 atom stereocenters. The van der Waals surface area contributed by atoms with Crippen molar-refractivity contribution in [2.24, 2.45) is 0 Å². The lowest BCUT2D eigenvalue weighted by Gasteiger charge is -2.22. The predicted octanol–water partition coefficient (Wildman–Crippen LogP) is -0.181. The zero-order chi connectivity index (χ0) is 9.97. The van der Waals surface area contributed by atoms with Gasteiger partial charge < -0.3 is 16.0 Å². The standard InChI is InChI=1S/C9H14N4O/c10-8-5-7(12-9(14)13-8)6-1-3-11-4-2-6/h5-6,11H,1-4H2,(H3,10,12,13,14). The van der Waals surface area contributed by atoms with Crippen LogP contribution in [0.2, 0.25) is 0 Å². The lowest BCUT2D eigenvalue weighted by atomic mass is 9.94. The van der Waals surface area contributed by atoms with Crippen molar-refractivity contribution in [1.82, 2.24) is 15.3 Å². The Morgan fingerprint density at radius 1 is 1.43 bits per heavy atom. The number of aromatic amines is 1. The summed E-state index contributed by atoms with van der Waals surface area (Å²) in [7, 11) is 0. The van der Waals surface area contributed by atoms with Crippen molar-refractivity contribution < 1.29 is 0 Å². The highest BCUT2D eigenvalue weighted by Gasteiger charge is 2.16. The van der Waals surface area contributed by atoms with Crippen molar-refractivity contribution in [2.45, 2.75) is 18.8 Å². The van der Waals surface area contributed by atoms with Crippen LogP contribution in [0.15, 0.2) is 10.9 Å². The molecule has 0 spiro atoms. The number of hydrogen-bond donors (Lipinski definition) is 3. The molecule has 1 aliphatic heterocycles. The van der Waals surface area contributed by atoms with E-state index in [-0.39, 0.29) is 5.69 Å². The monoisotopic (exact) mass is 194 g/mol. The van der Waals surface area contributed by atoms with Gasteiger partial charge in [-0.05, 0) is 25.9 Å². The quantitative estimate of drug-likeness (QED) is 0.579. The summed E-state index contributed by atoms with van der Waals surface area (Å²) in [5, 5.41) is 3.27. The molecule has 1 saturated heterocycles. The summed E-state index contributed by atoms with van der Waals surface area (Å²) in [6, 6.07) is 1.76. The zero-order valence-electron chi connectivity index (χ0n) is 7.92. The number of H-pyrrole nitrogens is 1. The molecule has 0 aliphatic carbocycles. The van der Waals surface area contributed by atoms with Crippen molar-refractivity contribution in [2.75, 3.05) is 18.8 Å². The van der Waals surface area contributed by atoms with Crippen LogP contribution in [-0.4, -0.2) is 23.1 Å². The molecular formula is C9H14N4O. The lowest BCUT2D eigenvalue weighted by molar-refractivity contribution is 0.452. The number of rotatable bonds is 1. The van der Waals surface area contributed by atoms with Crippen molar-refractivity contribution in [1.29, 1.82) is 0 Å². The first-order chi connectivity index (χ1) is 6.75. The van der Waals surface area contributed by atoms with Crippen molar-refractivity contribution in [3.05, 3.63) is 22.2 Å². The first kappa shape index (κ1) is 9.21. The van der Waals surface area contributed by atoms with Crippen LogP contribution in [0.4, 0.5) is 5.82 Å². The molecule has 5 heteroatoms. The van der Waals surface area contributed by atoms with Gasteiger partial charge >= 0.3 is 5.69 Å². The SMILES string of the molecule is Nc1cc(C2CCNCC2)[nH]c(=O)n1. The number of nitrogens with one attached hydrogen (secondary N) is 2. The molecule has 0 amide bonds. The number of nitrogen functional groups attached to an aromatic ring is 1. The van der Waals surface area contributed by atoms with Crippen LogP contribution in [0.3, 0.4) is 0 Å². The summed E-state index contributed by atoms with van der Waals surface area (Å²) in [5.41, 5.74) is 6.09. The Kier molecular flexibility index (Phi) is 2.49. The molecule has 1 aromatic rings. The van der Waals surface area contributed by atoms with Gasteiger partial charge in [-0.25, -0.2) is 4.79 Å². The van der Waals surface area contributed by atoms with Gasteiger partial charge in [-0.3, -0.25) is 0 Å². The molecule has 0 unspecified atom stereocenters. The second kappa shape index (κ2) is 3.79. The van der Waals surface area contributed by atoms with E-state index in [0.29, 0.717) is 11.7 Å². The topological polar surface area (TPSA) is 83.8 Å². The van der Waals surface area contributed by atoms with Crippen LogP contribution >= 0.6 is 0 Å². The number of nitrogens with two attached hydrogens (primary N) is 1. The third kappa shape index (κ3) is 1.93. The number of aromatic nitrogens is 2. The first-order valence-corrected chi connectivity index (χ1v) is 4.83. The van der Waals surface area contributed by atoms with E-state index in [2.05, 4.69) is 15.3 Å². The Bertz CT molecular complexity index is 367. The molecule has 1 aliphatic rings. The molecule has 0 aromatic carbocycles. The Hall–Kier alpha value is -1.36. The normalized spacial score (nSPS) is 18.3. The Morgan fingerprint density at radius 3 is 2.79 bits per heavy atom. The van der Waals surface area contributed by atoms with Crippen molar-refractivity contribution in [3.63, 3.8) is 0 Å². The van der Waals surface area contributed by atoms with Crippen LogP contribution in [0, 0.1) is 0 Å². The lowest BCUT2D eigenvalue weighted by Crippen LogP contribution is -2.28. The summed E-state index contributed by atoms with van der Waals surface area (Å²) in [5.74, 6) is 0.719. The van der Waals surface area contributed by atoms with E-state index < -0.39 is 0 Å². The van der Waals surface area contributed by atoms with Gasteiger partial charge in [0.1, 0.15) is 5.82 Å². The van der Waals surface area contributed by atoms with Crippen LogP contribution in [0.25, 0.3) is 0 Å². The average Bonchev–Trinajstić information content (AvgIpc) is 2.18. The van der Waals surface area contributed by atoms with Gasteiger partial charge in [0.15, 0.2) is 0 Å². The summed E-state index contributed by atoms with van der Waals surface area (Å²) < 4.78 is 0. The molecular weight excluding hydrogens is 180 g/mol. The zero-order valence-corrected chi connectivity index (χ0v) is 7.92. The van der Waals surface area contributed by atoms with E-state index >= 15 is 0 Å². The molecule has 1 fully saturated rings. The summed E-state index contributed by atoms with van der Waals surface area (Å²) in [4.78, 5) is 17.4. The molecule has 14 heavy (non-hydrogen) atoms. The highest BCUT2D eigenvalue weighted by Crippen LogP contribution is 2.22. The van der Waals surface area contributed by atoms with Crippen LogP contribution in [0.5, 0.6) is 0 Å². The molecule has 2 rings (SSSR count). The van der Waals surface area contributed by atoms with Gasteiger partial charge in [-0.1, -0.05) is 0 Å². The van der Waals surface area contributed by atoms with E-state index in [9.17, 15) is 4.79 Å². The first-order valence-electron chi connectivity index (χ1n) is 4.83. The maximum absolute atomic E-state index is 11.1. The fraction of sp³-hybridized carbons (Fsp3) is 0.556. The van der Waals surface area contributed by atoms with E-state index in [1.54, 1.807) is 6.07 Å². The molecule has 1 aromatic heterocycles. The van der Waals surface area contributed by atoms with Gasteiger partial charge in [0.25, 0.3) is 0 Å². The average molecular weight is 194 g/mol. The van der Waals surface area contributed by atoms with Gasteiger partial charge in [0, 0.05) is 17.7 Å². The fourth-order valence-electron chi connectivity index (χ4n) is 1.85. The van der Waals surface area contributed by atoms with Crippen LogP contribution < -0.4 is 16.7 Å². The highest BCUT2D eigenvalue weighted by atomic mass is 16.1. The van der Waals surface area contributed by atoms with Crippen LogP contribution in [-0.2, 0) is 0 Å². The van der Waals surface area contributed by atoms with E-state index in [1.807, 2.05) is 0 Å². The van der Waals surface area contributed by atoms with Crippen molar-refractivity contribution >= 4 is 5.82 Å². The minimum Gasteiger partial charge on any atom is -0.383 e. The smallest absolute Gasteiger partial charge is 0.347 e. The second-order valence-electron chi connectivity index (χ2n) is 3.59. The summed E-state index contributed by atoms with van der Waals surface area (Å²) >= 11 is 0. The van der Waals surface area contributed by atoms with Gasteiger partial charge in [-0.2, -0.15) is 4.98 Å². The van der Waals surface area contributed by atoms with Crippen LogP contribution in [0.1, 0.15) is 24.5 Å². The van der Waals surface area contributed by atoms with Gasteiger partial charge in [-0.15, -0.1) is 0 Å². The molecule has 76 valence electrons. The number of nitrogens with zero attached hydrogens (tertiary/aromatic N) is 1. The number of piperidine rings is 1. The largest absolute Gasteiger partial charge is 0.383 e. The highest BCUT2D eigenvalue weighted by molar-refractivity contribution is 5.29. The summed E-state index contributed by atoms with van der Waals surface area (Å²) in [6.45, 7) is 1.99. The molecule has 5 nitrogen and oxygen atoms in total. The van der Waals surface area contributed by atoms with Gasteiger partial charge in [0.2, 0.25) is 0 Å².